The smallest absolute Gasteiger partial charge is 0.456 e. The number of pyridine rings is 2. The SMILES string of the molecule is CC1(C)OB(c2ccc(-c3nc4c(cc3Cl)nc(O[C@@H]3CO[C@H]5[C@@H]3OC[C@H]5O)n4COCC[Si](C)(C)C)cc2)OC1(C)C.CS(=O)(=Nc1ccc(Br)cc1)N1CCCC1.CS(=O)Nc1ccc(Br)cc1.C[Si](C)(C)CCOCn1c(O[C@@H]2CO[C@H]3[C@@H]2OC[C@H]3O)nc2cc(Cl)c(-c3ccc(-c4ccc(N=S(C)(=O)N5CCCC5)cc4)cc3)nc21. The third kappa shape index (κ3) is 23.1. The zero-order valence-electron chi connectivity index (χ0n) is 69.5. The van der Waals surface area contributed by atoms with Crippen LogP contribution in [0.25, 0.3) is 56.0 Å². The Bertz CT molecular complexity index is 5270. The number of ether oxygens (including phenoxy) is 8. The summed E-state index contributed by atoms with van der Waals surface area (Å²) >= 11 is 20.3. The average Bonchev–Trinajstić information content (AvgIpc) is 1.62. The number of aromatic nitrogens is 6. The molecule has 3 unspecified atom stereocenters. The summed E-state index contributed by atoms with van der Waals surface area (Å²) in [6.45, 7) is 28.2. The number of anilines is 1. The Balaban J connectivity index is 0.000000158. The molecular formula is C83H108BBr2Cl2N11O15S3Si2. The van der Waals surface area contributed by atoms with Crippen LogP contribution < -0.4 is 19.7 Å². The first-order valence-electron chi connectivity index (χ1n) is 40.1. The van der Waals surface area contributed by atoms with Crippen LogP contribution in [0.3, 0.4) is 0 Å². The number of aliphatic hydroxyl groups excluding tert-OH is 2. The Morgan fingerprint density at radius 2 is 0.908 bits per heavy atom. The molecule has 0 bridgehead atoms. The number of nitrogens with zero attached hydrogens (tertiary/aromatic N) is 10. The summed E-state index contributed by atoms with van der Waals surface area (Å²) < 4.78 is 118. The Kier molecular flexibility index (Phi) is 29.7. The Morgan fingerprint density at radius 1 is 0.546 bits per heavy atom. The fraction of sp³-hybridized carbons (Fsp3) is 0.494. The number of hydrogen-bond donors (Lipinski definition) is 3. The van der Waals surface area contributed by atoms with Gasteiger partial charge in [-0.05, 0) is 155 Å². The maximum absolute atomic E-state index is 13.2. The fourth-order valence-corrected chi connectivity index (χ4v) is 20.5. The normalized spacial score (nSPS) is 23.3. The van der Waals surface area contributed by atoms with E-state index in [4.69, 9.17) is 90.3 Å². The lowest BCUT2D eigenvalue weighted by Gasteiger charge is -2.32. The van der Waals surface area contributed by atoms with Crippen molar-refractivity contribution in [3.63, 3.8) is 0 Å². The van der Waals surface area contributed by atoms with Gasteiger partial charge in [0.2, 0.25) is 0 Å². The van der Waals surface area contributed by atoms with Gasteiger partial charge < -0.3 is 62.1 Å². The molecule has 7 aliphatic heterocycles. The van der Waals surface area contributed by atoms with Gasteiger partial charge in [0.15, 0.2) is 23.5 Å². The molecule has 11 atom stereocenters. The summed E-state index contributed by atoms with van der Waals surface area (Å²) in [5.74, 6) is 0. The predicted octanol–water partition coefficient (Wildman–Crippen LogP) is 16.0. The fourth-order valence-electron chi connectivity index (χ4n) is 14.3. The quantitative estimate of drug-likeness (QED) is 0.0374. The molecule has 16 rings (SSSR count). The van der Waals surface area contributed by atoms with Crippen molar-refractivity contribution in [2.75, 3.05) is 89.3 Å². The highest BCUT2D eigenvalue weighted by Gasteiger charge is 2.53. The molecule has 0 saturated carbocycles. The summed E-state index contributed by atoms with van der Waals surface area (Å²) in [7, 11) is -8.67. The van der Waals surface area contributed by atoms with E-state index in [2.05, 4.69) is 84.6 Å². The van der Waals surface area contributed by atoms with Crippen molar-refractivity contribution in [2.45, 2.75) is 178 Å². The third-order valence-corrected chi connectivity index (χ3v) is 31.1. The number of rotatable bonds is 24. The van der Waals surface area contributed by atoms with Gasteiger partial charge >= 0.3 is 19.1 Å². The molecule has 36 heteroatoms. The Morgan fingerprint density at radius 3 is 1.30 bits per heavy atom. The van der Waals surface area contributed by atoms with Crippen LogP contribution in [0, 0.1) is 0 Å². The molecule has 9 aromatic rings. The topological polar surface area (TPSA) is 289 Å². The molecule has 11 heterocycles. The van der Waals surface area contributed by atoms with E-state index in [-0.39, 0.29) is 45.5 Å². The minimum atomic E-state index is -2.42. The Labute approximate surface area is 730 Å². The van der Waals surface area contributed by atoms with Gasteiger partial charge in [-0.3, -0.25) is 9.13 Å². The van der Waals surface area contributed by atoms with E-state index in [1.165, 1.54) is 0 Å². The molecule has 119 heavy (non-hydrogen) atoms. The number of benzene rings is 5. The molecule has 0 aliphatic carbocycles. The average molecular weight is 1890 g/mol. The van der Waals surface area contributed by atoms with Crippen LogP contribution in [0.5, 0.6) is 12.0 Å². The van der Waals surface area contributed by atoms with Gasteiger partial charge in [0.1, 0.15) is 91.9 Å². The Hall–Kier alpha value is -5.65. The molecule has 3 N–H and O–H groups in total. The van der Waals surface area contributed by atoms with Crippen LogP contribution >= 0.6 is 55.1 Å². The highest BCUT2D eigenvalue weighted by Crippen LogP contribution is 2.40. The van der Waals surface area contributed by atoms with Crippen molar-refractivity contribution in [1.29, 1.82) is 0 Å². The molecule has 0 radical (unpaired) electrons. The van der Waals surface area contributed by atoms with Crippen LogP contribution in [0.2, 0.25) is 61.4 Å². The third-order valence-electron chi connectivity index (χ3n) is 21.8. The zero-order chi connectivity index (χ0) is 84.9. The largest absolute Gasteiger partial charge is 0.494 e. The summed E-state index contributed by atoms with van der Waals surface area (Å²) in [5.41, 5.74) is 9.81. The van der Waals surface area contributed by atoms with Crippen molar-refractivity contribution in [2.24, 2.45) is 8.73 Å². The van der Waals surface area contributed by atoms with Gasteiger partial charge in [0, 0.05) is 100 Å². The number of imidazole rings is 2. The molecule has 7 fully saturated rings. The van der Waals surface area contributed by atoms with Crippen LogP contribution in [0.4, 0.5) is 17.1 Å². The van der Waals surface area contributed by atoms with Crippen molar-refractivity contribution in [3.05, 3.63) is 152 Å². The van der Waals surface area contributed by atoms with E-state index in [0.717, 1.165) is 112 Å². The van der Waals surface area contributed by atoms with E-state index in [1.54, 1.807) is 30.9 Å². The molecular weight excluding hydrogens is 1780 g/mol. The maximum Gasteiger partial charge on any atom is 0.494 e. The molecule has 26 nitrogen and oxygen atoms in total. The van der Waals surface area contributed by atoms with Gasteiger partial charge in [-0.15, -0.1) is 0 Å². The number of fused-ring (bicyclic) bond motifs is 4. The van der Waals surface area contributed by atoms with Crippen LogP contribution in [0.1, 0.15) is 53.4 Å². The van der Waals surface area contributed by atoms with E-state index >= 15 is 0 Å². The molecule has 4 aromatic heterocycles. The van der Waals surface area contributed by atoms with Gasteiger partial charge in [-0.25, -0.2) is 31.2 Å². The van der Waals surface area contributed by atoms with Crippen LogP contribution in [-0.2, 0) is 82.0 Å². The second-order valence-electron chi connectivity index (χ2n) is 34.2. The van der Waals surface area contributed by atoms with Gasteiger partial charge in [-0.1, -0.05) is 155 Å². The van der Waals surface area contributed by atoms with E-state index < -0.39 is 102 Å². The maximum atomic E-state index is 13.2. The van der Waals surface area contributed by atoms with Gasteiger partial charge in [0.05, 0.1) is 70.4 Å². The zero-order valence-corrected chi connectivity index (χ0v) is 78.7. The molecule has 7 saturated heterocycles. The predicted molar refractivity (Wildman–Crippen MR) is 485 cm³/mol. The number of hydrogen-bond acceptors (Lipinski definition) is 21. The van der Waals surface area contributed by atoms with Gasteiger partial charge in [0.25, 0.3) is 0 Å². The van der Waals surface area contributed by atoms with Crippen molar-refractivity contribution in [1.82, 2.24) is 37.7 Å². The molecule has 0 spiro atoms. The monoisotopic (exact) mass is 1890 g/mol. The van der Waals surface area contributed by atoms with Crippen molar-refractivity contribution < 1.29 is 70.0 Å². The number of halogens is 4. The second-order valence-corrected chi connectivity index (χ2v) is 53.6. The lowest BCUT2D eigenvalue weighted by Crippen LogP contribution is -2.41. The summed E-state index contributed by atoms with van der Waals surface area (Å²) in [6, 6.07) is 45.3. The minimum absolute atomic E-state index is 0.210. The highest BCUT2D eigenvalue weighted by molar-refractivity contribution is 9.10. The summed E-state index contributed by atoms with van der Waals surface area (Å²) in [6.07, 6.45) is 5.66. The molecule has 7 aliphatic rings. The number of aliphatic hydroxyl groups is 2. The first kappa shape index (κ1) is 91.1. The van der Waals surface area contributed by atoms with Crippen molar-refractivity contribution >= 4 is 154 Å². The molecule has 642 valence electrons. The van der Waals surface area contributed by atoms with E-state index in [9.17, 15) is 22.8 Å². The summed E-state index contributed by atoms with van der Waals surface area (Å²) in [4.78, 5) is 19.5. The minimum Gasteiger partial charge on any atom is -0.456 e. The first-order chi connectivity index (χ1) is 56.4. The van der Waals surface area contributed by atoms with E-state index in [1.807, 2.05) is 167 Å². The summed E-state index contributed by atoms with van der Waals surface area (Å²) in [5, 5.41) is 21.3. The highest BCUT2D eigenvalue weighted by atomic mass is 79.9. The van der Waals surface area contributed by atoms with E-state index in [0.29, 0.717) is 81.3 Å². The lowest BCUT2D eigenvalue weighted by atomic mass is 9.79. The second kappa shape index (κ2) is 38.9. The molecule has 5 aromatic carbocycles. The molecule has 0 amide bonds. The first-order valence-corrected chi connectivity index (χ1v) is 55.2. The van der Waals surface area contributed by atoms with Gasteiger partial charge in [-0.2, -0.15) is 18.7 Å². The number of nitrogens with one attached hydrogen (secondary N) is 1. The van der Waals surface area contributed by atoms with Crippen LogP contribution in [-0.4, -0.2) is 228 Å². The van der Waals surface area contributed by atoms with Crippen molar-refractivity contribution in [3.8, 4) is 45.7 Å². The lowest BCUT2D eigenvalue weighted by molar-refractivity contribution is 0.00332. The van der Waals surface area contributed by atoms with Crippen LogP contribution in [0.15, 0.2) is 151 Å². The standard InChI is InChI=1S/C35H44ClN5O6SSi.C30H41BClN3O7Si.C11H15BrN2OS.C7H8BrNOS/c1-48(43,40-15-5-6-16-40)39-26-13-11-24(12-14-26)23-7-9-25(10-8-23)31-27(36)19-28-34(38-31)41(22-44-17-18-49(2,3)4)35(37-28)47-30-21-46-32-29(42)20-45-33(30)32;1-29(2)30(3,4)42-31(41-29)19-10-8-18(9-11-19)24-20(32)14-21-27(34-24)35(17-37-12-13-43(5,6)7)28(33-21)40-23-16-39-25-22(36)15-38-26(23)25;1-16(15,14-8-2-3-9-14)13-11-6-4-10(12)5-7-11;1-11(10)9-7-4-2-6(8)3-5-7/h7-14,19,29-30,32-33,42H,5-6,15-18,20-22H2,1-4H3;8-11,14,22-23,25-26,36H,12-13,15-17H2,1-7H3;4-7H,2-3,8-9H2,1H3;2-5,9H,1H3/t29-,30-,32-,33-,48?;22-,23-,25-,26-;;/m11../s1.